The maximum atomic E-state index is 12.0. The lowest BCUT2D eigenvalue weighted by Crippen LogP contribution is -2.39. The summed E-state index contributed by atoms with van der Waals surface area (Å²) in [5.74, 6) is 0.865. The van der Waals surface area contributed by atoms with E-state index >= 15 is 0 Å². The molecule has 0 aliphatic heterocycles. The van der Waals surface area contributed by atoms with E-state index in [2.05, 4.69) is 25.9 Å². The normalized spacial score (nSPS) is 15.6. The lowest BCUT2D eigenvalue weighted by molar-refractivity contribution is -0.121. The Bertz CT molecular complexity index is 526. The molecular formula is C19H31N5O. The summed E-state index contributed by atoms with van der Waals surface area (Å²) < 4.78 is 0. The zero-order valence-electron chi connectivity index (χ0n) is 15.3. The minimum Gasteiger partial charge on any atom is -0.357 e. The van der Waals surface area contributed by atoms with Crippen LogP contribution >= 0.6 is 0 Å². The molecular weight excluding hydrogens is 314 g/mol. The van der Waals surface area contributed by atoms with Crippen molar-refractivity contribution in [2.75, 3.05) is 19.6 Å². The zero-order valence-corrected chi connectivity index (χ0v) is 15.3. The molecule has 3 N–H and O–H groups in total. The Labute approximate surface area is 150 Å². The van der Waals surface area contributed by atoms with Crippen molar-refractivity contribution >= 4 is 11.9 Å². The molecule has 0 saturated heterocycles. The van der Waals surface area contributed by atoms with Crippen LogP contribution in [0.4, 0.5) is 0 Å². The van der Waals surface area contributed by atoms with Crippen molar-refractivity contribution in [3.05, 3.63) is 30.1 Å². The molecule has 6 nitrogen and oxygen atoms in total. The summed E-state index contributed by atoms with van der Waals surface area (Å²) in [7, 11) is 0. The number of pyridine rings is 1. The van der Waals surface area contributed by atoms with E-state index in [9.17, 15) is 4.79 Å². The van der Waals surface area contributed by atoms with Crippen molar-refractivity contribution in [3.63, 3.8) is 0 Å². The SMILES string of the molecule is CCNC(=NCCC(=O)NC1CCCCC1)NCCc1ccccn1. The predicted octanol–water partition coefficient (Wildman–Crippen LogP) is 2.02. The number of carbonyl (C=O) groups excluding carboxylic acids is 1. The van der Waals surface area contributed by atoms with Crippen molar-refractivity contribution in [2.45, 2.75) is 57.9 Å². The van der Waals surface area contributed by atoms with Gasteiger partial charge in [0.2, 0.25) is 5.91 Å². The number of aliphatic imine (C=N–C) groups is 1. The van der Waals surface area contributed by atoms with Gasteiger partial charge in [-0.25, -0.2) is 0 Å². The number of nitrogens with zero attached hydrogens (tertiary/aromatic N) is 2. The minimum absolute atomic E-state index is 0.111. The molecule has 6 heteroatoms. The van der Waals surface area contributed by atoms with Gasteiger partial charge in [0.1, 0.15) is 0 Å². The largest absolute Gasteiger partial charge is 0.357 e. The number of hydrogen-bond acceptors (Lipinski definition) is 3. The molecule has 0 atom stereocenters. The van der Waals surface area contributed by atoms with Crippen LogP contribution in [0.25, 0.3) is 0 Å². The molecule has 1 aromatic rings. The topological polar surface area (TPSA) is 78.4 Å². The average Bonchev–Trinajstić information content (AvgIpc) is 2.63. The van der Waals surface area contributed by atoms with Crippen molar-refractivity contribution < 1.29 is 4.79 Å². The number of guanidine groups is 1. The molecule has 1 amide bonds. The van der Waals surface area contributed by atoms with Gasteiger partial charge >= 0.3 is 0 Å². The monoisotopic (exact) mass is 345 g/mol. The number of hydrogen-bond donors (Lipinski definition) is 3. The summed E-state index contributed by atoms with van der Waals surface area (Å²) in [5, 5.41) is 9.63. The van der Waals surface area contributed by atoms with Crippen LogP contribution in [0.2, 0.25) is 0 Å². The molecule has 1 aromatic heterocycles. The van der Waals surface area contributed by atoms with E-state index < -0.39 is 0 Å². The van der Waals surface area contributed by atoms with Crippen LogP contribution in [0.5, 0.6) is 0 Å². The quantitative estimate of drug-likeness (QED) is 0.497. The maximum absolute atomic E-state index is 12.0. The number of rotatable bonds is 8. The average molecular weight is 345 g/mol. The fourth-order valence-corrected chi connectivity index (χ4v) is 3.01. The van der Waals surface area contributed by atoms with E-state index in [1.54, 1.807) is 6.20 Å². The van der Waals surface area contributed by atoms with Gasteiger partial charge in [0, 0.05) is 43.9 Å². The molecule has 1 fully saturated rings. The first kappa shape index (κ1) is 19.2. The Morgan fingerprint density at radius 3 is 2.80 bits per heavy atom. The minimum atomic E-state index is 0.111. The van der Waals surface area contributed by atoms with Crippen LogP contribution in [-0.4, -0.2) is 42.5 Å². The highest BCUT2D eigenvalue weighted by atomic mass is 16.1. The molecule has 1 saturated carbocycles. The summed E-state index contributed by atoms with van der Waals surface area (Å²) in [6.45, 7) is 4.09. The standard InChI is InChI=1S/C19H31N5O/c1-2-20-19(22-14-11-16-8-6-7-13-21-16)23-15-12-18(25)24-17-9-4-3-5-10-17/h6-8,13,17H,2-5,9-12,14-15H2,1H3,(H,24,25)(H2,20,22,23). The maximum Gasteiger partial charge on any atom is 0.222 e. The molecule has 0 spiro atoms. The van der Waals surface area contributed by atoms with Crippen LogP contribution in [-0.2, 0) is 11.2 Å². The number of aromatic nitrogens is 1. The summed E-state index contributed by atoms with van der Waals surface area (Å²) in [6, 6.07) is 6.30. The number of amides is 1. The number of carbonyl (C=O) groups is 1. The first-order valence-corrected chi connectivity index (χ1v) is 9.49. The first-order chi connectivity index (χ1) is 12.3. The highest BCUT2D eigenvalue weighted by Crippen LogP contribution is 2.17. The van der Waals surface area contributed by atoms with Gasteiger partial charge in [0.25, 0.3) is 0 Å². The van der Waals surface area contributed by atoms with Gasteiger partial charge in [-0.05, 0) is 31.9 Å². The Morgan fingerprint density at radius 2 is 2.08 bits per heavy atom. The fraction of sp³-hybridized carbons (Fsp3) is 0.632. The molecule has 0 aromatic carbocycles. The van der Waals surface area contributed by atoms with Gasteiger partial charge in [-0.3, -0.25) is 14.8 Å². The van der Waals surface area contributed by atoms with Gasteiger partial charge in [0.15, 0.2) is 5.96 Å². The van der Waals surface area contributed by atoms with E-state index in [0.717, 1.165) is 44.0 Å². The van der Waals surface area contributed by atoms with Gasteiger partial charge in [-0.2, -0.15) is 0 Å². The third-order valence-electron chi connectivity index (χ3n) is 4.32. The third kappa shape index (κ3) is 8.01. The second-order valence-electron chi connectivity index (χ2n) is 6.41. The van der Waals surface area contributed by atoms with Crippen LogP contribution in [0.3, 0.4) is 0 Å². The summed E-state index contributed by atoms with van der Waals surface area (Å²) in [4.78, 5) is 20.8. The zero-order chi connectivity index (χ0) is 17.7. The molecule has 25 heavy (non-hydrogen) atoms. The lowest BCUT2D eigenvalue weighted by atomic mass is 9.95. The molecule has 0 radical (unpaired) electrons. The molecule has 0 unspecified atom stereocenters. The van der Waals surface area contributed by atoms with E-state index in [1.807, 2.05) is 25.1 Å². The Kier molecular flexibility index (Phi) is 8.80. The Hall–Kier alpha value is -2.11. The van der Waals surface area contributed by atoms with Gasteiger partial charge in [-0.1, -0.05) is 25.3 Å². The molecule has 2 rings (SSSR count). The molecule has 1 heterocycles. The van der Waals surface area contributed by atoms with Crippen LogP contribution in [0.15, 0.2) is 29.4 Å². The van der Waals surface area contributed by atoms with Crippen LogP contribution < -0.4 is 16.0 Å². The number of nitrogens with one attached hydrogen (secondary N) is 3. The van der Waals surface area contributed by atoms with E-state index in [-0.39, 0.29) is 5.91 Å². The lowest BCUT2D eigenvalue weighted by Gasteiger charge is -2.22. The molecule has 138 valence electrons. The van der Waals surface area contributed by atoms with Crippen LogP contribution in [0.1, 0.15) is 51.1 Å². The molecule has 1 aliphatic carbocycles. The van der Waals surface area contributed by atoms with E-state index in [4.69, 9.17) is 0 Å². The highest BCUT2D eigenvalue weighted by Gasteiger charge is 2.15. The summed E-state index contributed by atoms with van der Waals surface area (Å²) in [5.41, 5.74) is 1.05. The fourth-order valence-electron chi connectivity index (χ4n) is 3.01. The summed E-state index contributed by atoms with van der Waals surface area (Å²) >= 11 is 0. The third-order valence-corrected chi connectivity index (χ3v) is 4.32. The van der Waals surface area contributed by atoms with Crippen molar-refractivity contribution in [1.29, 1.82) is 0 Å². The first-order valence-electron chi connectivity index (χ1n) is 9.49. The van der Waals surface area contributed by atoms with E-state index in [1.165, 1.54) is 19.3 Å². The second-order valence-corrected chi connectivity index (χ2v) is 6.41. The second kappa shape index (κ2) is 11.4. The summed E-state index contributed by atoms with van der Waals surface area (Å²) in [6.07, 6.45) is 9.08. The van der Waals surface area contributed by atoms with Gasteiger partial charge in [0.05, 0.1) is 6.54 Å². The molecule has 1 aliphatic rings. The Morgan fingerprint density at radius 1 is 1.24 bits per heavy atom. The van der Waals surface area contributed by atoms with Crippen molar-refractivity contribution in [2.24, 2.45) is 4.99 Å². The van der Waals surface area contributed by atoms with E-state index in [0.29, 0.717) is 19.0 Å². The Balaban J connectivity index is 1.68. The van der Waals surface area contributed by atoms with Crippen molar-refractivity contribution in [3.8, 4) is 0 Å². The molecule has 0 bridgehead atoms. The van der Waals surface area contributed by atoms with Crippen molar-refractivity contribution in [1.82, 2.24) is 20.9 Å². The smallest absolute Gasteiger partial charge is 0.222 e. The van der Waals surface area contributed by atoms with Gasteiger partial charge < -0.3 is 16.0 Å². The highest BCUT2D eigenvalue weighted by molar-refractivity contribution is 5.80. The van der Waals surface area contributed by atoms with Crippen LogP contribution in [0, 0.1) is 0 Å². The van der Waals surface area contributed by atoms with Gasteiger partial charge in [-0.15, -0.1) is 0 Å². The predicted molar refractivity (Wildman–Crippen MR) is 102 cm³/mol.